The molecular weight excluding hydrogens is 311 g/mol. The van der Waals surface area contributed by atoms with E-state index in [-0.39, 0.29) is 17.3 Å². The highest BCUT2D eigenvalue weighted by Gasteiger charge is 2.20. The lowest BCUT2D eigenvalue weighted by Crippen LogP contribution is -2.16. The van der Waals surface area contributed by atoms with Crippen LogP contribution in [0.3, 0.4) is 0 Å². The van der Waals surface area contributed by atoms with Gasteiger partial charge in [0.1, 0.15) is 0 Å². The Morgan fingerprint density at radius 1 is 1.26 bits per heavy atom. The van der Waals surface area contributed by atoms with E-state index in [1.165, 1.54) is 24.4 Å². The van der Waals surface area contributed by atoms with Gasteiger partial charge in [0, 0.05) is 22.2 Å². The summed E-state index contributed by atoms with van der Waals surface area (Å²) < 4.78 is 26.6. The largest absolute Gasteiger partial charge is 0.326 e. The van der Waals surface area contributed by atoms with Crippen LogP contribution in [-0.4, -0.2) is 18.6 Å². The minimum absolute atomic E-state index is 0.0586. The molecule has 0 aliphatic carbocycles. The number of benzene rings is 1. The van der Waals surface area contributed by atoms with Crippen molar-refractivity contribution >= 4 is 38.9 Å². The third-order valence-electron chi connectivity index (χ3n) is 2.28. The first-order valence-electron chi connectivity index (χ1n) is 5.13. The standard InChI is InChI=1S/C10H10Cl2N4O2S/c11-7-1-8(12)3-9(2-7)16-19(17,18)10-6(4-13)5-14-15-10/h1-3,5,16H,4,13H2,(H,14,15). The molecule has 0 atom stereocenters. The molecule has 0 saturated heterocycles. The molecule has 102 valence electrons. The van der Waals surface area contributed by atoms with Gasteiger partial charge in [-0.2, -0.15) is 13.5 Å². The van der Waals surface area contributed by atoms with Gasteiger partial charge in [0.2, 0.25) is 0 Å². The van der Waals surface area contributed by atoms with Crippen LogP contribution >= 0.6 is 23.2 Å². The highest BCUT2D eigenvalue weighted by molar-refractivity contribution is 7.92. The molecule has 1 aromatic heterocycles. The minimum atomic E-state index is -3.81. The molecular formula is C10H10Cl2N4O2S. The Bertz CT molecular complexity index is 679. The maximum Gasteiger partial charge on any atom is 0.279 e. The molecule has 19 heavy (non-hydrogen) atoms. The first-order valence-corrected chi connectivity index (χ1v) is 7.37. The minimum Gasteiger partial charge on any atom is -0.326 e. The summed E-state index contributed by atoms with van der Waals surface area (Å²) in [4.78, 5) is 0. The predicted molar refractivity (Wildman–Crippen MR) is 73.7 cm³/mol. The van der Waals surface area contributed by atoms with E-state index in [1.54, 1.807) is 0 Å². The fraction of sp³-hybridized carbons (Fsp3) is 0.100. The second-order valence-electron chi connectivity index (χ2n) is 3.69. The van der Waals surface area contributed by atoms with Crippen molar-refractivity contribution in [3.05, 3.63) is 40.0 Å². The number of nitrogens with one attached hydrogen (secondary N) is 2. The van der Waals surface area contributed by atoms with Crippen molar-refractivity contribution in [3.63, 3.8) is 0 Å². The zero-order valence-corrected chi connectivity index (χ0v) is 11.9. The van der Waals surface area contributed by atoms with Crippen molar-refractivity contribution < 1.29 is 8.42 Å². The topological polar surface area (TPSA) is 101 Å². The maximum absolute atomic E-state index is 12.1. The molecule has 0 fully saturated rings. The predicted octanol–water partition coefficient (Wildman–Crippen LogP) is 1.98. The Balaban J connectivity index is 2.36. The van der Waals surface area contributed by atoms with Crippen LogP contribution in [0.4, 0.5) is 5.69 Å². The third kappa shape index (κ3) is 3.19. The van der Waals surface area contributed by atoms with Gasteiger partial charge in [-0.15, -0.1) is 0 Å². The van der Waals surface area contributed by atoms with E-state index in [1.807, 2.05) is 0 Å². The van der Waals surface area contributed by atoms with Crippen LogP contribution in [0.1, 0.15) is 5.56 Å². The summed E-state index contributed by atoms with van der Waals surface area (Å²) in [7, 11) is -3.81. The second-order valence-corrected chi connectivity index (χ2v) is 6.18. The zero-order valence-electron chi connectivity index (χ0n) is 9.52. The summed E-state index contributed by atoms with van der Waals surface area (Å²) in [5, 5.41) is 6.64. The van der Waals surface area contributed by atoms with Gasteiger partial charge >= 0.3 is 0 Å². The molecule has 6 nitrogen and oxygen atoms in total. The molecule has 0 radical (unpaired) electrons. The van der Waals surface area contributed by atoms with Crippen molar-refractivity contribution in [3.8, 4) is 0 Å². The van der Waals surface area contributed by atoms with Crippen LogP contribution in [0.5, 0.6) is 0 Å². The van der Waals surface area contributed by atoms with E-state index in [9.17, 15) is 8.42 Å². The third-order valence-corrected chi connectivity index (χ3v) is 4.11. The molecule has 0 aliphatic rings. The average Bonchev–Trinajstić information content (AvgIpc) is 2.75. The molecule has 1 heterocycles. The van der Waals surface area contributed by atoms with Crippen molar-refractivity contribution in [1.29, 1.82) is 0 Å². The molecule has 0 aliphatic heterocycles. The first kappa shape index (κ1) is 14.1. The van der Waals surface area contributed by atoms with Crippen LogP contribution < -0.4 is 10.5 Å². The molecule has 2 aromatic rings. The van der Waals surface area contributed by atoms with E-state index < -0.39 is 10.0 Å². The summed E-state index contributed by atoms with van der Waals surface area (Å²) in [5.41, 5.74) is 6.09. The monoisotopic (exact) mass is 320 g/mol. The van der Waals surface area contributed by atoms with Crippen LogP contribution in [0.2, 0.25) is 10.0 Å². The average molecular weight is 321 g/mol. The zero-order chi connectivity index (χ0) is 14.0. The van der Waals surface area contributed by atoms with E-state index >= 15 is 0 Å². The number of aromatic amines is 1. The second kappa shape index (κ2) is 5.38. The van der Waals surface area contributed by atoms with Gasteiger partial charge in [-0.1, -0.05) is 23.2 Å². The normalized spacial score (nSPS) is 11.5. The Hall–Kier alpha value is -1.28. The summed E-state index contributed by atoms with van der Waals surface area (Å²) in [6.07, 6.45) is 1.36. The number of sulfonamides is 1. The molecule has 1 aromatic carbocycles. The van der Waals surface area contributed by atoms with Crippen LogP contribution in [0, 0.1) is 0 Å². The SMILES string of the molecule is NCc1cn[nH]c1S(=O)(=O)Nc1cc(Cl)cc(Cl)c1. The number of rotatable bonds is 4. The lowest BCUT2D eigenvalue weighted by atomic mass is 10.3. The number of hydrogen-bond acceptors (Lipinski definition) is 4. The van der Waals surface area contributed by atoms with Gasteiger partial charge in [-0.3, -0.25) is 9.82 Å². The van der Waals surface area contributed by atoms with Crippen LogP contribution in [0.15, 0.2) is 29.4 Å². The van der Waals surface area contributed by atoms with E-state index in [4.69, 9.17) is 28.9 Å². The van der Waals surface area contributed by atoms with E-state index in [0.29, 0.717) is 15.6 Å². The lowest BCUT2D eigenvalue weighted by molar-refractivity contribution is 0.596. The van der Waals surface area contributed by atoms with E-state index in [0.717, 1.165) is 0 Å². The molecule has 0 saturated carbocycles. The molecule has 9 heteroatoms. The van der Waals surface area contributed by atoms with Gasteiger partial charge in [0.05, 0.1) is 11.9 Å². The number of aromatic nitrogens is 2. The Kier molecular flexibility index (Phi) is 4.00. The van der Waals surface area contributed by atoms with Gasteiger partial charge in [0.15, 0.2) is 5.03 Å². The number of H-pyrrole nitrogens is 1. The van der Waals surface area contributed by atoms with Crippen molar-refractivity contribution in [2.75, 3.05) is 4.72 Å². The van der Waals surface area contributed by atoms with Crippen molar-refractivity contribution in [1.82, 2.24) is 10.2 Å². The van der Waals surface area contributed by atoms with Gasteiger partial charge in [-0.25, -0.2) is 0 Å². The lowest BCUT2D eigenvalue weighted by Gasteiger charge is -2.08. The fourth-order valence-electron chi connectivity index (χ4n) is 1.50. The van der Waals surface area contributed by atoms with Gasteiger partial charge < -0.3 is 5.73 Å². The van der Waals surface area contributed by atoms with Gasteiger partial charge in [-0.05, 0) is 18.2 Å². The maximum atomic E-state index is 12.1. The van der Waals surface area contributed by atoms with Gasteiger partial charge in [0.25, 0.3) is 10.0 Å². The van der Waals surface area contributed by atoms with Crippen molar-refractivity contribution in [2.45, 2.75) is 11.6 Å². The first-order chi connectivity index (χ1) is 8.92. The Morgan fingerprint density at radius 2 is 1.89 bits per heavy atom. The highest BCUT2D eigenvalue weighted by Crippen LogP contribution is 2.24. The van der Waals surface area contributed by atoms with E-state index in [2.05, 4.69) is 14.9 Å². The van der Waals surface area contributed by atoms with Crippen LogP contribution in [-0.2, 0) is 16.6 Å². The van der Waals surface area contributed by atoms with Crippen molar-refractivity contribution in [2.24, 2.45) is 5.73 Å². The summed E-state index contributed by atoms with van der Waals surface area (Å²) in [5.74, 6) is 0. The number of halogens is 2. The van der Waals surface area contributed by atoms with Crippen LogP contribution in [0.25, 0.3) is 0 Å². The number of hydrogen-bond donors (Lipinski definition) is 3. The molecule has 0 spiro atoms. The Labute approximate surface area is 120 Å². The smallest absolute Gasteiger partial charge is 0.279 e. The Morgan fingerprint density at radius 3 is 2.47 bits per heavy atom. The highest BCUT2D eigenvalue weighted by atomic mass is 35.5. The molecule has 0 amide bonds. The summed E-state index contributed by atoms with van der Waals surface area (Å²) in [6, 6.07) is 4.40. The molecule has 0 unspecified atom stereocenters. The number of nitrogens with two attached hydrogens (primary N) is 1. The number of anilines is 1. The molecule has 4 N–H and O–H groups in total. The fourth-order valence-corrected chi connectivity index (χ4v) is 3.21. The summed E-state index contributed by atoms with van der Waals surface area (Å²) in [6.45, 7) is 0.0586. The number of nitrogens with zero attached hydrogens (tertiary/aromatic N) is 1. The summed E-state index contributed by atoms with van der Waals surface area (Å²) >= 11 is 11.6. The quantitative estimate of drug-likeness (QED) is 0.801. The molecule has 0 bridgehead atoms. The molecule has 2 rings (SSSR count).